The van der Waals surface area contributed by atoms with Crippen molar-refractivity contribution in [1.82, 2.24) is 9.55 Å². The molecule has 1 N–H and O–H groups in total. The molecule has 134 valence electrons. The molecule has 1 unspecified atom stereocenters. The van der Waals surface area contributed by atoms with E-state index in [1.54, 1.807) is 34.9 Å². The normalized spacial score (nSPS) is 12.2. The van der Waals surface area contributed by atoms with Gasteiger partial charge in [0.15, 0.2) is 10.9 Å². The number of nitrogens with zero attached hydrogens (tertiary/aromatic N) is 2. The first-order valence-corrected chi connectivity index (χ1v) is 9.36. The van der Waals surface area contributed by atoms with Crippen LogP contribution in [0, 0.1) is 0 Å². The second-order valence-electron chi connectivity index (χ2n) is 5.94. The van der Waals surface area contributed by atoms with Gasteiger partial charge < -0.3 is 5.11 Å². The molecule has 0 aliphatic heterocycles. The number of hydrogen-bond acceptors (Lipinski definition) is 5. The van der Waals surface area contributed by atoms with Gasteiger partial charge in [-0.3, -0.25) is 14.2 Å². The van der Waals surface area contributed by atoms with E-state index >= 15 is 0 Å². The molecule has 0 radical (unpaired) electrons. The lowest BCUT2D eigenvalue weighted by Crippen LogP contribution is -2.25. The summed E-state index contributed by atoms with van der Waals surface area (Å²) < 4.78 is 1.55. The van der Waals surface area contributed by atoms with E-state index in [0.29, 0.717) is 34.6 Å². The summed E-state index contributed by atoms with van der Waals surface area (Å²) in [6.07, 6.45) is 0.453. The van der Waals surface area contributed by atoms with E-state index < -0.39 is 0 Å². The number of Topliss-reactive ketones (excluding diaryl/α,β-unsaturated/α-hetero) is 1. The fraction of sp³-hybridized carbons (Fsp3) is 0.250. The fourth-order valence-electron chi connectivity index (χ4n) is 2.71. The molecule has 3 rings (SSSR count). The summed E-state index contributed by atoms with van der Waals surface area (Å²) in [6.45, 7) is 2.17. The Morgan fingerprint density at radius 1 is 1.15 bits per heavy atom. The highest BCUT2D eigenvalue weighted by Crippen LogP contribution is 2.25. The number of hydrogen-bond donors (Lipinski definition) is 1. The summed E-state index contributed by atoms with van der Waals surface area (Å²) in [5.74, 6) is -0.00767. The molecule has 0 spiro atoms. The number of aliphatic hydroxyl groups excluding tert-OH is 1. The van der Waals surface area contributed by atoms with E-state index in [1.165, 1.54) is 11.8 Å². The van der Waals surface area contributed by atoms with E-state index in [1.807, 2.05) is 31.2 Å². The molecule has 6 heteroatoms. The van der Waals surface area contributed by atoms with Gasteiger partial charge in [0.1, 0.15) is 0 Å². The molecule has 3 aromatic rings. The lowest BCUT2D eigenvalue weighted by atomic mass is 10.1. The minimum atomic E-state index is -0.383. The molecule has 1 atom stereocenters. The number of benzene rings is 2. The molecule has 2 aromatic carbocycles. The average Bonchev–Trinajstić information content (AvgIpc) is 2.68. The lowest BCUT2D eigenvalue weighted by molar-refractivity contribution is 0.0994. The van der Waals surface area contributed by atoms with Gasteiger partial charge in [0, 0.05) is 18.7 Å². The van der Waals surface area contributed by atoms with E-state index in [0.717, 1.165) is 0 Å². The standard InChI is InChI=1S/C20H20N2O3S/c1-14(18(24)15-8-3-2-4-9-15)26-20-21-17-11-6-5-10-16(17)19(25)22(20)12-7-13-23/h2-6,8-11,14,23H,7,12-13H2,1H3. The second kappa shape index (κ2) is 8.29. The van der Waals surface area contributed by atoms with Crippen LogP contribution in [-0.4, -0.2) is 32.3 Å². The van der Waals surface area contributed by atoms with Crippen LogP contribution in [-0.2, 0) is 6.54 Å². The van der Waals surface area contributed by atoms with E-state index in [9.17, 15) is 9.59 Å². The first kappa shape index (κ1) is 18.4. The van der Waals surface area contributed by atoms with Gasteiger partial charge in [-0.15, -0.1) is 0 Å². The van der Waals surface area contributed by atoms with Crippen molar-refractivity contribution < 1.29 is 9.90 Å². The first-order valence-electron chi connectivity index (χ1n) is 8.48. The molecule has 1 heterocycles. The van der Waals surface area contributed by atoms with Crippen molar-refractivity contribution in [1.29, 1.82) is 0 Å². The maximum atomic E-state index is 12.8. The Bertz CT molecular complexity index is 970. The van der Waals surface area contributed by atoms with Gasteiger partial charge in [-0.2, -0.15) is 0 Å². The Kier molecular flexibility index (Phi) is 5.85. The summed E-state index contributed by atoms with van der Waals surface area (Å²) in [4.78, 5) is 30.1. The van der Waals surface area contributed by atoms with Crippen LogP contribution in [0.25, 0.3) is 10.9 Å². The van der Waals surface area contributed by atoms with Crippen LogP contribution in [0.15, 0.2) is 64.5 Å². The van der Waals surface area contributed by atoms with E-state index in [4.69, 9.17) is 5.11 Å². The number of carbonyl (C=O) groups excluding carboxylic acids is 1. The molecule has 0 aliphatic rings. The van der Waals surface area contributed by atoms with Gasteiger partial charge in [0.25, 0.3) is 5.56 Å². The summed E-state index contributed by atoms with van der Waals surface area (Å²) in [7, 11) is 0. The van der Waals surface area contributed by atoms with Crippen LogP contribution in [0.5, 0.6) is 0 Å². The maximum absolute atomic E-state index is 12.8. The molecule has 0 bridgehead atoms. The zero-order valence-corrected chi connectivity index (χ0v) is 15.3. The number of fused-ring (bicyclic) bond motifs is 1. The van der Waals surface area contributed by atoms with Crippen LogP contribution < -0.4 is 5.56 Å². The highest BCUT2D eigenvalue weighted by molar-refractivity contribution is 8.00. The number of thioether (sulfide) groups is 1. The number of aromatic nitrogens is 2. The Morgan fingerprint density at radius 2 is 1.85 bits per heavy atom. The average molecular weight is 368 g/mol. The Hall–Kier alpha value is -2.44. The monoisotopic (exact) mass is 368 g/mol. The van der Waals surface area contributed by atoms with Gasteiger partial charge in [-0.1, -0.05) is 54.2 Å². The third-order valence-corrected chi connectivity index (χ3v) is 5.17. The molecule has 0 aliphatic carbocycles. The van der Waals surface area contributed by atoms with Gasteiger partial charge in [-0.25, -0.2) is 4.98 Å². The van der Waals surface area contributed by atoms with Crippen LogP contribution in [0.2, 0.25) is 0 Å². The van der Waals surface area contributed by atoms with Gasteiger partial charge in [-0.05, 0) is 25.5 Å². The second-order valence-corrected chi connectivity index (χ2v) is 7.24. The Labute approximate surface area is 155 Å². The minimum absolute atomic E-state index is 0.00767. The SMILES string of the molecule is CC(Sc1nc2ccccc2c(=O)n1CCCO)C(=O)c1ccccc1. The predicted molar refractivity (Wildman–Crippen MR) is 104 cm³/mol. The minimum Gasteiger partial charge on any atom is -0.396 e. The number of aliphatic hydroxyl groups is 1. The number of para-hydroxylation sites is 1. The number of rotatable bonds is 7. The first-order chi connectivity index (χ1) is 12.6. The maximum Gasteiger partial charge on any atom is 0.262 e. The molecule has 5 nitrogen and oxygen atoms in total. The van der Waals surface area contributed by atoms with Gasteiger partial charge >= 0.3 is 0 Å². The highest BCUT2D eigenvalue weighted by Gasteiger charge is 2.20. The highest BCUT2D eigenvalue weighted by atomic mass is 32.2. The molecule has 26 heavy (non-hydrogen) atoms. The number of carbonyl (C=O) groups is 1. The zero-order chi connectivity index (χ0) is 18.5. The zero-order valence-electron chi connectivity index (χ0n) is 14.5. The largest absolute Gasteiger partial charge is 0.396 e. The van der Waals surface area contributed by atoms with Crippen LogP contribution in [0.4, 0.5) is 0 Å². The van der Waals surface area contributed by atoms with Crippen molar-refractivity contribution in [2.24, 2.45) is 0 Å². The Morgan fingerprint density at radius 3 is 2.58 bits per heavy atom. The molecule has 0 saturated heterocycles. The summed E-state index contributed by atoms with van der Waals surface area (Å²) in [5.41, 5.74) is 1.10. The molecule has 0 saturated carbocycles. The van der Waals surface area contributed by atoms with Crippen molar-refractivity contribution in [3.05, 3.63) is 70.5 Å². The van der Waals surface area contributed by atoms with Gasteiger partial charge in [0.2, 0.25) is 0 Å². The lowest BCUT2D eigenvalue weighted by Gasteiger charge is -2.15. The van der Waals surface area contributed by atoms with Crippen LogP contribution >= 0.6 is 11.8 Å². The smallest absolute Gasteiger partial charge is 0.262 e. The molecule has 0 fully saturated rings. The molecule has 0 amide bonds. The topological polar surface area (TPSA) is 72.2 Å². The summed E-state index contributed by atoms with van der Waals surface area (Å²) >= 11 is 1.27. The molecular formula is C20H20N2O3S. The van der Waals surface area contributed by atoms with Crippen molar-refractivity contribution in [3.63, 3.8) is 0 Å². The van der Waals surface area contributed by atoms with E-state index in [2.05, 4.69) is 4.98 Å². The third kappa shape index (κ3) is 3.86. The molecule has 1 aromatic heterocycles. The van der Waals surface area contributed by atoms with Crippen molar-refractivity contribution in [3.8, 4) is 0 Å². The van der Waals surface area contributed by atoms with Crippen LogP contribution in [0.1, 0.15) is 23.7 Å². The Balaban J connectivity index is 1.97. The predicted octanol–water partition coefficient (Wildman–Crippen LogP) is 3.14. The van der Waals surface area contributed by atoms with Crippen LogP contribution in [0.3, 0.4) is 0 Å². The van der Waals surface area contributed by atoms with Crippen molar-refractivity contribution in [2.75, 3.05) is 6.61 Å². The van der Waals surface area contributed by atoms with Crippen molar-refractivity contribution in [2.45, 2.75) is 30.3 Å². The number of ketones is 1. The fourth-order valence-corrected chi connectivity index (χ4v) is 3.72. The summed E-state index contributed by atoms with van der Waals surface area (Å²) in [5, 5.41) is 9.80. The third-order valence-electron chi connectivity index (χ3n) is 4.08. The van der Waals surface area contributed by atoms with Crippen molar-refractivity contribution >= 4 is 28.4 Å². The molecular weight excluding hydrogens is 348 g/mol. The quantitative estimate of drug-likeness (QED) is 0.394. The summed E-state index contributed by atoms with van der Waals surface area (Å²) in [6, 6.07) is 16.3. The van der Waals surface area contributed by atoms with Gasteiger partial charge in [0.05, 0.1) is 16.2 Å². The van der Waals surface area contributed by atoms with E-state index in [-0.39, 0.29) is 23.2 Å².